The monoisotopic (exact) mass is 339 g/mol. The average Bonchev–Trinajstić information content (AvgIpc) is 3.06. The second-order valence-corrected chi connectivity index (χ2v) is 5.40. The predicted molar refractivity (Wildman–Crippen MR) is 95.6 cm³/mol. The highest BCUT2D eigenvalue weighted by Crippen LogP contribution is 2.06. The Morgan fingerprint density at radius 2 is 2.12 bits per heavy atom. The van der Waals surface area contributed by atoms with Gasteiger partial charge in [0.05, 0.1) is 12.7 Å². The van der Waals surface area contributed by atoms with Gasteiger partial charge in [-0.25, -0.2) is 4.79 Å². The summed E-state index contributed by atoms with van der Waals surface area (Å²) in [6.07, 6.45) is 7.06. The number of hydrogen-bond acceptors (Lipinski definition) is 4. The van der Waals surface area contributed by atoms with E-state index in [4.69, 9.17) is 4.74 Å². The predicted octanol–water partition coefficient (Wildman–Crippen LogP) is 2.18. The third-order valence-corrected chi connectivity index (χ3v) is 3.34. The lowest BCUT2D eigenvalue weighted by atomic mass is 10.2. The van der Waals surface area contributed by atoms with E-state index >= 15 is 0 Å². The maximum Gasteiger partial charge on any atom is 0.331 e. The zero-order valence-electron chi connectivity index (χ0n) is 14.1. The maximum absolute atomic E-state index is 11.8. The quantitative estimate of drug-likeness (QED) is 0.454. The van der Waals surface area contributed by atoms with Gasteiger partial charge in [-0.1, -0.05) is 36.4 Å². The summed E-state index contributed by atoms with van der Waals surface area (Å²) in [6.45, 7) is 6.00. The van der Waals surface area contributed by atoms with Gasteiger partial charge in [-0.2, -0.15) is 5.10 Å². The summed E-state index contributed by atoms with van der Waals surface area (Å²) >= 11 is 0. The van der Waals surface area contributed by atoms with Crippen molar-refractivity contribution < 1.29 is 14.3 Å². The van der Waals surface area contributed by atoms with Gasteiger partial charge in [0.15, 0.2) is 6.10 Å². The van der Waals surface area contributed by atoms with Gasteiger partial charge in [0.2, 0.25) is 0 Å². The molecule has 130 valence electrons. The van der Waals surface area contributed by atoms with Crippen LogP contribution < -0.4 is 5.32 Å². The van der Waals surface area contributed by atoms with E-state index in [2.05, 4.69) is 17.0 Å². The van der Waals surface area contributed by atoms with Crippen LogP contribution in [0.25, 0.3) is 6.08 Å². The van der Waals surface area contributed by atoms with E-state index in [1.807, 2.05) is 36.5 Å². The number of esters is 1. The fraction of sp³-hybridized carbons (Fsp3) is 0.211. The number of amides is 1. The number of ether oxygens (including phenoxy) is 1. The number of hydrogen-bond donors (Lipinski definition) is 1. The van der Waals surface area contributed by atoms with Gasteiger partial charge in [0, 0.05) is 24.4 Å². The molecule has 0 aliphatic carbocycles. The van der Waals surface area contributed by atoms with Crippen LogP contribution in [0, 0.1) is 0 Å². The summed E-state index contributed by atoms with van der Waals surface area (Å²) in [5.74, 6) is -0.950. The first-order valence-electron chi connectivity index (χ1n) is 7.92. The van der Waals surface area contributed by atoms with Crippen molar-refractivity contribution in [1.29, 1.82) is 0 Å². The normalized spacial score (nSPS) is 11.9. The molecule has 0 unspecified atom stereocenters. The van der Waals surface area contributed by atoms with Gasteiger partial charge in [-0.15, -0.1) is 6.58 Å². The lowest BCUT2D eigenvalue weighted by molar-refractivity contribution is -0.150. The largest absolute Gasteiger partial charge is 0.449 e. The molecule has 0 fully saturated rings. The minimum atomic E-state index is -0.863. The zero-order valence-corrected chi connectivity index (χ0v) is 14.1. The van der Waals surface area contributed by atoms with E-state index in [1.165, 1.54) is 13.0 Å². The van der Waals surface area contributed by atoms with E-state index in [0.29, 0.717) is 13.1 Å². The molecule has 1 aromatic heterocycles. The Kier molecular flexibility index (Phi) is 6.71. The van der Waals surface area contributed by atoms with Gasteiger partial charge in [0.1, 0.15) is 0 Å². The van der Waals surface area contributed by atoms with Gasteiger partial charge in [-0.3, -0.25) is 9.48 Å². The number of aromatic nitrogens is 2. The Hall–Kier alpha value is -3.15. The first kappa shape index (κ1) is 18.2. The molecule has 1 aromatic carbocycles. The lowest BCUT2D eigenvalue weighted by Crippen LogP contribution is -2.35. The number of carbonyl (C=O) groups is 2. The molecule has 6 nitrogen and oxygen atoms in total. The van der Waals surface area contributed by atoms with Crippen molar-refractivity contribution >= 4 is 18.0 Å². The fourth-order valence-electron chi connectivity index (χ4n) is 2.07. The molecule has 2 rings (SSSR count). The minimum absolute atomic E-state index is 0.331. The van der Waals surface area contributed by atoms with Crippen molar-refractivity contribution in [2.75, 3.05) is 6.54 Å². The van der Waals surface area contributed by atoms with E-state index in [9.17, 15) is 9.59 Å². The summed E-state index contributed by atoms with van der Waals surface area (Å²) in [4.78, 5) is 23.4. The first-order chi connectivity index (χ1) is 12.1. The standard InChI is InChI=1S/C19H21N3O3/c1-3-11-20-19(24)15(2)25-18(23)10-9-17-12-21-22(14-17)13-16-7-5-4-6-8-16/h3-10,12,14-15H,1,11,13H2,2H3,(H,20,24)/b10-9+/t15-/m0/s1. The van der Waals surface area contributed by atoms with Crippen molar-refractivity contribution in [2.45, 2.75) is 19.6 Å². The second kappa shape index (κ2) is 9.22. The Labute approximate surface area is 146 Å². The molecule has 0 saturated heterocycles. The van der Waals surface area contributed by atoms with Gasteiger partial charge < -0.3 is 10.1 Å². The zero-order chi connectivity index (χ0) is 18.1. The van der Waals surface area contributed by atoms with Gasteiger partial charge in [-0.05, 0) is 18.6 Å². The summed E-state index contributed by atoms with van der Waals surface area (Å²) in [7, 11) is 0. The molecule has 0 saturated carbocycles. The Morgan fingerprint density at radius 1 is 1.36 bits per heavy atom. The molecule has 0 aliphatic rings. The van der Waals surface area contributed by atoms with Gasteiger partial charge >= 0.3 is 5.97 Å². The topological polar surface area (TPSA) is 73.2 Å². The highest BCUT2D eigenvalue weighted by Gasteiger charge is 2.15. The van der Waals surface area contributed by atoms with Crippen LogP contribution in [-0.4, -0.2) is 34.3 Å². The van der Waals surface area contributed by atoms with E-state index in [-0.39, 0.29) is 5.91 Å². The van der Waals surface area contributed by atoms with Crippen LogP contribution in [0.4, 0.5) is 0 Å². The molecule has 1 atom stereocenters. The second-order valence-electron chi connectivity index (χ2n) is 5.40. The van der Waals surface area contributed by atoms with Crippen molar-refractivity contribution in [3.8, 4) is 0 Å². The molecule has 0 aliphatic heterocycles. The molecule has 0 radical (unpaired) electrons. The maximum atomic E-state index is 11.8. The summed E-state index contributed by atoms with van der Waals surface area (Å²) in [5.41, 5.74) is 1.91. The molecule has 25 heavy (non-hydrogen) atoms. The van der Waals surface area contributed by atoms with Crippen molar-refractivity contribution in [3.63, 3.8) is 0 Å². The van der Waals surface area contributed by atoms with Crippen LogP contribution >= 0.6 is 0 Å². The van der Waals surface area contributed by atoms with Crippen LogP contribution in [0.3, 0.4) is 0 Å². The third kappa shape index (κ3) is 6.10. The summed E-state index contributed by atoms with van der Waals surface area (Å²) in [6, 6.07) is 9.95. The van der Waals surface area contributed by atoms with Crippen LogP contribution in [0.2, 0.25) is 0 Å². The minimum Gasteiger partial charge on any atom is -0.449 e. The number of carbonyl (C=O) groups excluding carboxylic acids is 2. The molecular formula is C19H21N3O3. The molecular weight excluding hydrogens is 318 g/mol. The van der Waals surface area contributed by atoms with E-state index in [1.54, 1.807) is 23.0 Å². The average molecular weight is 339 g/mol. The molecule has 6 heteroatoms. The van der Waals surface area contributed by atoms with Crippen molar-refractivity contribution in [1.82, 2.24) is 15.1 Å². The van der Waals surface area contributed by atoms with E-state index < -0.39 is 12.1 Å². The smallest absolute Gasteiger partial charge is 0.331 e. The number of nitrogens with zero attached hydrogens (tertiary/aromatic N) is 2. The molecule has 2 aromatic rings. The Morgan fingerprint density at radius 3 is 2.84 bits per heavy atom. The fourth-order valence-corrected chi connectivity index (χ4v) is 2.07. The SMILES string of the molecule is C=CCNC(=O)[C@H](C)OC(=O)/C=C/c1cnn(Cc2ccccc2)c1. The number of benzene rings is 1. The van der Waals surface area contributed by atoms with Crippen LogP contribution in [0.5, 0.6) is 0 Å². The summed E-state index contributed by atoms with van der Waals surface area (Å²) < 4.78 is 6.82. The van der Waals surface area contributed by atoms with E-state index in [0.717, 1.165) is 11.1 Å². The summed E-state index contributed by atoms with van der Waals surface area (Å²) in [5, 5.41) is 6.82. The molecule has 0 bridgehead atoms. The highest BCUT2D eigenvalue weighted by molar-refractivity contribution is 5.90. The Bertz CT molecular complexity index is 750. The molecule has 0 spiro atoms. The lowest BCUT2D eigenvalue weighted by Gasteiger charge is -2.10. The van der Waals surface area contributed by atoms with Crippen LogP contribution in [0.15, 0.2) is 61.5 Å². The number of rotatable bonds is 8. The highest BCUT2D eigenvalue weighted by atomic mass is 16.5. The molecule has 1 amide bonds. The number of nitrogens with one attached hydrogen (secondary N) is 1. The third-order valence-electron chi connectivity index (χ3n) is 3.34. The van der Waals surface area contributed by atoms with Crippen LogP contribution in [-0.2, 0) is 20.9 Å². The van der Waals surface area contributed by atoms with Crippen LogP contribution in [0.1, 0.15) is 18.1 Å². The van der Waals surface area contributed by atoms with Gasteiger partial charge in [0.25, 0.3) is 5.91 Å². The molecule has 1 N–H and O–H groups in total. The Balaban J connectivity index is 1.86. The first-order valence-corrected chi connectivity index (χ1v) is 7.92. The van der Waals surface area contributed by atoms with Crippen molar-refractivity contribution in [2.24, 2.45) is 0 Å². The molecule has 1 heterocycles. The van der Waals surface area contributed by atoms with Crippen molar-refractivity contribution in [3.05, 3.63) is 72.6 Å².